The summed E-state index contributed by atoms with van der Waals surface area (Å²) in [4.78, 5) is 12.8. The van der Waals surface area contributed by atoms with E-state index < -0.39 is 0 Å². The number of non-ortho nitro benzene ring substituents is 1. The molecule has 102 valence electrons. The monoisotopic (exact) mass is 373 g/mol. The highest BCUT2D eigenvalue weighted by Crippen LogP contribution is 2.30. The first-order chi connectivity index (χ1) is 9.13. The maximum atomic E-state index is 10.8. The minimum Gasteiger partial charge on any atom is -0.369 e. The van der Waals surface area contributed by atoms with Crippen LogP contribution in [0.1, 0.15) is 19.3 Å². The van der Waals surface area contributed by atoms with Gasteiger partial charge >= 0.3 is 0 Å². The van der Waals surface area contributed by atoms with E-state index in [9.17, 15) is 10.1 Å². The third kappa shape index (κ3) is 2.69. The summed E-state index contributed by atoms with van der Waals surface area (Å²) in [5.41, 5.74) is 1.29. The van der Waals surface area contributed by atoms with E-state index in [1.54, 1.807) is 12.1 Å². The van der Waals surface area contributed by atoms with E-state index in [2.05, 4.69) is 32.8 Å². The standard InChI is InChI=1S/C13H16IN3O2/c14-12-7-11(17(18)19)3-4-13(12)16-6-5-9-1-2-10(8-16)15-9/h3-4,7,9-10,15H,1-2,5-6,8H2. The topological polar surface area (TPSA) is 58.4 Å². The number of nitrogens with one attached hydrogen (secondary N) is 1. The number of hydrogen-bond donors (Lipinski definition) is 1. The second-order valence-electron chi connectivity index (χ2n) is 5.27. The molecule has 6 heteroatoms. The Morgan fingerprint density at radius 1 is 1.32 bits per heavy atom. The predicted octanol–water partition coefficient (Wildman–Crippen LogP) is 2.53. The molecule has 2 aliphatic rings. The van der Waals surface area contributed by atoms with Crippen molar-refractivity contribution in [2.75, 3.05) is 18.0 Å². The van der Waals surface area contributed by atoms with Crippen LogP contribution in [0.15, 0.2) is 18.2 Å². The van der Waals surface area contributed by atoms with Gasteiger partial charge in [0, 0.05) is 40.9 Å². The molecule has 3 rings (SSSR count). The number of nitro benzene ring substituents is 1. The van der Waals surface area contributed by atoms with Crippen molar-refractivity contribution in [1.29, 1.82) is 0 Å². The Balaban J connectivity index is 1.83. The van der Waals surface area contributed by atoms with Crippen LogP contribution < -0.4 is 10.2 Å². The Morgan fingerprint density at radius 2 is 2.11 bits per heavy atom. The van der Waals surface area contributed by atoms with E-state index in [0.717, 1.165) is 28.8 Å². The third-order valence-corrected chi connectivity index (χ3v) is 4.87. The molecule has 2 unspecified atom stereocenters. The maximum absolute atomic E-state index is 10.8. The second kappa shape index (κ2) is 5.24. The first kappa shape index (κ1) is 13.1. The predicted molar refractivity (Wildman–Crippen MR) is 82.6 cm³/mol. The molecule has 0 aromatic heterocycles. The highest BCUT2D eigenvalue weighted by atomic mass is 127. The van der Waals surface area contributed by atoms with Gasteiger partial charge in [-0.05, 0) is 47.9 Å². The number of halogens is 1. The van der Waals surface area contributed by atoms with E-state index in [1.807, 2.05) is 6.07 Å². The van der Waals surface area contributed by atoms with Crippen molar-refractivity contribution >= 4 is 34.0 Å². The lowest BCUT2D eigenvalue weighted by atomic mass is 10.1. The number of anilines is 1. The highest BCUT2D eigenvalue weighted by molar-refractivity contribution is 14.1. The van der Waals surface area contributed by atoms with E-state index in [0.29, 0.717) is 12.1 Å². The van der Waals surface area contributed by atoms with Gasteiger partial charge in [0.05, 0.1) is 10.6 Å². The van der Waals surface area contributed by atoms with Crippen LogP contribution in [0.5, 0.6) is 0 Å². The Bertz CT molecular complexity index is 509. The minimum atomic E-state index is -0.335. The molecule has 2 heterocycles. The smallest absolute Gasteiger partial charge is 0.270 e. The first-order valence-corrected chi connectivity index (χ1v) is 7.66. The first-order valence-electron chi connectivity index (χ1n) is 6.58. The lowest BCUT2D eigenvalue weighted by Gasteiger charge is -2.27. The largest absolute Gasteiger partial charge is 0.369 e. The zero-order valence-corrected chi connectivity index (χ0v) is 12.7. The van der Waals surface area contributed by atoms with Crippen molar-refractivity contribution in [2.24, 2.45) is 0 Å². The van der Waals surface area contributed by atoms with Gasteiger partial charge < -0.3 is 10.2 Å². The molecule has 5 nitrogen and oxygen atoms in total. The Labute approximate surface area is 125 Å². The van der Waals surface area contributed by atoms with Gasteiger partial charge in [-0.25, -0.2) is 0 Å². The summed E-state index contributed by atoms with van der Waals surface area (Å²) >= 11 is 2.20. The van der Waals surface area contributed by atoms with Crippen molar-refractivity contribution in [2.45, 2.75) is 31.3 Å². The molecule has 2 saturated heterocycles. The number of benzene rings is 1. The molecule has 2 bridgehead atoms. The van der Waals surface area contributed by atoms with Crippen molar-refractivity contribution in [3.05, 3.63) is 31.9 Å². The number of rotatable bonds is 2. The van der Waals surface area contributed by atoms with Gasteiger partial charge in [0.2, 0.25) is 0 Å². The Morgan fingerprint density at radius 3 is 2.84 bits per heavy atom. The molecule has 1 N–H and O–H groups in total. The van der Waals surface area contributed by atoms with Crippen LogP contribution in [0, 0.1) is 13.7 Å². The molecule has 2 aliphatic heterocycles. The molecular weight excluding hydrogens is 357 g/mol. The lowest BCUT2D eigenvalue weighted by Crippen LogP contribution is -2.35. The van der Waals surface area contributed by atoms with Gasteiger partial charge in [0.1, 0.15) is 0 Å². The minimum absolute atomic E-state index is 0.169. The molecule has 0 saturated carbocycles. The van der Waals surface area contributed by atoms with Crippen LogP contribution in [-0.2, 0) is 0 Å². The van der Waals surface area contributed by atoms with Crippen LogP contribution in [0.3, 0.4) is 0 Å². The molecule has 1 aromatic carbocycles. The fourth-order valence-electron chi connectivity index (χ4n) is 3.03. The van der Waals surface area contributed by atoms with Gasteiger partial charge in [-0.15, -0.1) is 0 Å². The fourth-order valence-corrected chi connectivity index (χ4v) is 3.87. The molecule has 0 aliphatic carbocycles. The van der Waals surface area contributed by atoms with Gasteiger partial charge in [-0.1, -0.05) is 0 Å². The summed E-state index contributed by atoms with van der Waals surface area (Å²) in [5.74, 6) is 0. The summed E-state index contributed by atoms with van der Waals surface area (Å²) in [6.45, 7) is 2.03. The van der Waals surface area contributed by atoms with Crippen molar-refractivity contribution in [3.8, 4) is 0 Å². The fraction of sp³-hybridized carbons (Fsp3) is 0.538. The summed E-state index contributed by atoms with van der Waals surface area (Å²) in [7, 11) is 0. The zero-order chi connectivity index (χ0) is 13.4. The van der Waals surface area contributed by atoms with Gasteiger partial charge in [0.25, 0.3) is 5.69 Å². The van der Waals surface area contributed by atoms with E-state index >= 15 is 0 Å². The van der Waals surface area contributed by atoms with E-state index in [-0.39, 0.29) is 10.6 Å². The van der Waals surface area contributed by atoms with Crippen LogP contribution in [0.2, 0.25) is 0 Å². The quantitative estimate of drug-likeness (QED) is 0.492. The van der Waals surface area contributed by atoms with E-state index in [4.69, 9.17) is 0 Å². The van der Waals surface area contributed by atoms with E-state index in [1.165, 1.54) is 12.8 Å². The third-order valence-electron chi connectivity index (χ3n) is 4.01. The molecule has 2 atom stereocenters. The summed E-state index contributed by atoms with van der Waals surface area (Å²) < 4.78 is 0.963. The van der Waals surface area contributed by atoms with Gasteiger partial charge in [-0.2, -0.15) is 0 Å². The number of nitrogens with zero attached hydrogens (tertiary/aromatic N) is 2. The van der Waals surface area contributed by atoms with Crippen LogP contribution in [-0.4, -0.2) is 30.1 Å². The second-order valence-corrected chi connectivity index (χ2v) is 6.43. The molecule has 0 spiro atoms. The summed E-state index contributed by atoms with van der Waals surface area (Å²) in [6.07, 6.45) is 3.68. The average Bonchev–Trinajstić information content (AvgIpc) is 2.70. The zero-order valence-electron chi connectivity index (χ0n) is 10.5. The van der Waals surface area contributed by atoms with Crippen molar-refractivity contribution in [1.82, 2.24) is 5.32 Å². The van der Waals surface area contributed by atoms with Crippen LogP contribution in [0.4, 0.5) is 11.4 Å². The van der Waals surface area contributed by atoms with Crippen molar-refractivity contribution < 1.29 is 4.92 Å². The Kier molecular flexibility index (Phi) is 3.62. The van der Waals surface area contributed by atoms with Crippen molar-refractivity contribution in [3.63, 3.8) is 0 Å². The lowest BCUT2D eigenvalue weighted by molar-refractivity contribution is -0.384. The normalized spacial score (nSPS) is 26.3. The molecule has 19 heavy (non-hydrogen) atoms. The Hall–Kier alpha value is -0.890. The molecule has 0 radical (unpaired) electrons. The number of fused-ring (bicyclic) bond motifs is 2. The highest BCUT2D eigenvalue weighted by Gasteiger charge is 2.30. The van der Waals surface area contributed by atoms with Gasteiger partial charge in [0.15, 0.2) is 0 Å². The molecular formula is C13H16IN3O2. The maximum Gasteiger partial charge on any atom is 0.270 e. The SMILES string of the molecule is O=[N+]([O-])c1ccc(N2CCC3CCC(C2)N3)c(I)c1. The van der Waals surface area contributed by atoms with Crippen LogP contribution >= 0.6 is 22.6 Å². The number of nitro groups is 1. The number of hydrogen-bond acceptors (Lipinski definition) is 4. The molecule has 1 aromatic rings. The van der Waals surface area contributed by atoms with Gasteiger partial charge in [-0.3, -0.25) is 10.1 Å². The summed E-state index contributed by atoms with van der Waals surface area (Å²) in [5, 5.41) is 14.4. The van der Waals surface area contributed by atoms with Crippen LogP contribution in [0.25, 0.3) is 0 Å². The average molecular weight is 373 g/mol. The molecule has 0 amide bonds. The summed E-state index contributed by atoms with van der Waals surface area (Å²) in [6, 6.07) is 6.38. The molecule has 2 fully saturated rings.